The Balaban J connectivity index is 2.33. The molecule has 0 aliphatic rings. The lowest BCUT2D eigenvalue weighted by atomic mass is 9.90. The Morgan fingerprint density at radius 1 is 0.841 bits per heavy atom. The summed E-state index contributed by atoms with van der Waals surface area (Å²) >= 11 is 0. The highest BCUT2D eigenvalue weighted by molar-refractivity contribution is 6.05. The summed E-state index contributed by atoms with van der Waals surface area (Å²) in [5, 5.41) is 68.1. The van der Waals surface area contributed by atoms with Crippen LogP contribution in [0.1, 0.15) is 52.4 Å². The smallest absolute Gasteiger partial charge is 0.305 e. The number of carboxylic acids is 1. The molecule has 0 saturated heterocycles. The molecule has 0 aliphatic heterocycles. The van der Waals surface area contributed by atoms with Gasteiger partial charge in [-0.1, -0.05) is 23.4 Å². The van der Waals surface area contributed by atoms with Crippen LogP contribution in [0.25, 0.3) is 0 Å². The van der Waals surface area contributed by atoms with Gasteiger partial charge in [0.1, 0.15) is 47.2 Å². The first-order valence-electron chi connectivity index (χ1n) is 18.9. The number of nitrogens with zero attached hydrogens (tertiary/aromatic N) is 3. The van der Waals surface area contributed by atoms with Crippen molar-refractivity contribution < 1.29 is 72.8 Å². The summed E-state index contributed by atoms with van der Waals surface area (Å²) in [6, 6.07) is -3.68. The second-order valence-electron chi connectivity index (χ2n) is 14.9. The van der Waals surface area contributed by atoms with Gasteiger partial charge in [0.25, 0.3) is 0 Å². The number of carbonyl (C=O) groups is 10. The van der Waals surface area contributed by atoms with E-state index in [4.69, 9.17) is 10.8 Å². The molecule has 8 amide bonds. The van der Waals surface area contributed by atoms with Crippen LogP contribution in [-0.2, 0) is 60.8 Å². The van der Waals surface area contributed by atoms with E-state index in [1.54, 1.807) is 0 Å². The molecule has 8 atom stereocenters. The predicted octanol–water partition coefficient (Wildman–Crippen LogP) is -6.52. The van der Waals surface area contributed by atoms with Crippen LogP contribution in [0.5, 0.6) is 0 Å². The van der Waals surface area contributed by atoms with Crippen molar-refractivity contribution in [1.82, 2.24) is 57.8 Å². The lowest BCUT2D eigenvalue weighted by Crippen LogP contribution is -2.67. The Morgan fingerprint density at radius 3 is 1.98 bits per heavy atom. The number of H-pyrrole nitrogens is 1. The third-order valence-electron chi connectivity index (χ3n) is 9.24. The number of nitrogens with two attached hydrogens (primary N) is 1. The van der Waals surface area contributed by atoms with Gasteiger partial charge in [-0.2, -0.15) is 5.21 Å². The maximum Gasteiger partial charge on any atom is 0.305 e. The number of amides is 8. The topological polar surface area (TPSA) is 416 Å². The molecular weight excluding hydrogens is 843 g/mol. The van der Waals surface area contributed by atoms with E-state index >= 15 is 0 Å². The van der Waals surface area contributed by atoms with Gasteiger partial charge in [-0.15, -0.1) is 10.2 Å². The van der Waals surface area contributed by atoms with Gasteiger partial charge in [-0.05, 0) is 46.2 Å². The number of hydrogen-bond acceptors (Lipinski definition) is 16. The molecule has 0 spiro atoms. The van der Waals surface area contributed by atoms with Crippen molar-refractivity contribution >= 4 is 59.5 Å². The number of aldehydes is 1. The molecule has 0 saturated carbocycles. The standard InChI is InChI=1S/C36H51FN12O14/c1-16(52)26(30(59)41-22(15-51)29(58)40-19(14-50)10-25(55)56)44-34(63)36(5,12-18-8-6-7-9-20(18)37)45-31(60)27(17(2)53)43-24(54)13-39-28(57)21(11-23-46-48-49-47-23)42-33(62)35(3,4)32(38)61/h6-9,14,16-17,19,21-22,26-27,51-53H,10-13,15H2,1-5H3,(H2,38,61)(H,39,57)(H,40,58)(H,41,59)(H,42,62)(H,43,54)(H,44,63)(H,45,60)(H,55,56)(H,46,47,48,49)/t16-,17-,19?,21+,22+,26+,27+,36+/m1/s1. The molecule has 26 nitrogen and oxygen atoms in total. The largest absolute Gasteiger partial charge is 0.481 e. The van der Waals surface area contributed by atoms with Gasteiger partial charge in [0, 0.05) is 12.8 Å². The summed E-state index contributed by atoms with van der Waals surface area (Å²) in [5.74, 6) is -11.4. The molecule has 2 rings (SSSR count). The summed E-state index contributed by atoms with van der Waals surface area (Å²) in [6.45, 7) is 3.63. The number of nitrogens with one attached hydrogen (secondary N) is 8. The molecule has 1 aromatic heterocycles. The molecular formula is C36H51FN12O14. The number of tetrazole rings is 1. The molecule has 0 bridgehead atoms. The quantitative estimate of drug-likeness (QED) is 0.0325. The highest BCUT2D eigenvalue weighted by Gasteiger charge is 2.42. The number of halogens is 1. The first-order valence-corrected chi connectivity index (χ1v) is 18.9. The number of carbonyl (C=O) groups excluding carboxylic acids is 9. The maximum atomic E-state index is 15.0. The highest BCUT2D eigenvalue weighted by atomic mass is 19.1. The second-order valence-corrected chi connectivity index (χ2v) is 14.9. The number of aliphatic hydroxyl groups is 3. The van der Waals surface area contributed by atoms with Crippen molar-refractivity contribution in [2.45, 2.75) is 102 Å². The van der Waals surface area contributed by atoms with Gasteiger partial charge in [0.05, 0.1) is 37.8 Å². The van der Waals surface area contributed by atoms with Gasteiger partial charge >= 0.3 is 5.97 Å². The van der Waals surface area contributed by atoms with E-state index in [1.165, 1.54) is 32.0 Å². The van der Waals surface area contributed by atoms with Crippen LogP contribution in [0.3, 0.4) is 0 Å². The van der Waals surface area contributed by atoms with Gasteiger partial charge in [0.15, 0.2) is 5.82 Å². The van der Waals surface area contributed by atoms with Crippen molar-refractivity contribution in [3.63, 3.8) is 0 Å². The normalized spacial score (nSPS) is 15.5. The average molecular weight is 895 g/mol. The van der Waals surface area contributed by atoms with Crippen LogP contribution in [0.15, 0.2) is 24.3 Å². The summed E-state index contributed by atoms with van der Waals surface area (Å²) in [5.41, 5.74) is 1.09. The third-order valence-corrected chi connectivity index (χ3v) is 9.24. The number of primary amides is 1. The number of aromatic nitrogens is 4. The number of rotatable bonds is 25. The van der Waals surface area contributed by atoms with Crippen LogP contribution >= 0.6 is 0 Å². The summed E-state index contributed by atoms with van der Waals surface area (Å²) < 4.78 is 15.0. The zero-order valence-electron chi connectivity index (χ0n) is 34.6. The zero-order valence-corrected chi connectivity index (χ0v) is 34.6. The third kappa shape index (κ3) is 15.4. The Kier molecular flexibility index (Phi) is 19.3. The Labute approximate surface area is 357 Å². The minimum Gasteiger partial charge on any atom is -0.481 e. The molecule has 1 unspecified atom stereocenters. The minimum atomic E-state index is -2.28. The van der Waals surface area contributed by atoms with Crippen molar-refractivity contribution in [3.05, 3.63) is 41.5 Å². The van der Waals surface area contributed by atoms with E-state index in [-0.39, 0.29) is 24.1 Å². The number of benzene rings is 1. The molecule has 0 fully saturated rings. The number of carboxylic acid groups (broad SMARTS) is 1. The van der Waals surface area contributed by atoms with E-state index in [0.29, 0.717) is 0 Å². The Bertz CT molecular complexity index is 2000. The molecule has 0 radical (unpaired) electrons. The van der Waals surface area contributed by atoms with Crippen molar-refractivity contribution in [2.24, 2.45) is 11.1 Å². The van der Waals surface area contributed by atoms with Crippen LogP contribution < -0.4 is 43.0 Å². The van der Waals surface area contributed by atoms with Gasteiger partial charge in [-0.3, -0.25) is 43.2 Å². The Morgan fingerprint density at radius 2 is 1.46 bits per heavy atom. The minimum absolute atomic E-state index is 0.0500. The van der Waals surface area contributed by atoms with Gasteiger partial charge in [0.2, 0.25) is 47.3 Å². The SMILES string of the molecule is C[C@@H](O)[C@H](NC(=O)CNC(=O)[C@H](Cc1nn[nH]n1)NC(=O)C(C)(C)C(N)=O)C(=O)N[C@@](C)(Cc1ccccc1F)C(=O)N[C@H](C(=O)N[C@@H](CO)C(=O)NC(C=O)CC(=O)O)[C@@H](C)O. The summed E-state index contributed by atoms with van der Waals surface area (Å²) in [7, 11) is 0. The zero-order chi connectivity index (χ0) is 47.8. The predicted molar refractivity (Wildman–Crippen MR) is 209 cm³/mol. The monoisotopic (exact) mass is 894 g/mol. The summed E-state index contributed by atoms with van der Waals surface area (Å²) in [4.78, 5) is 127. The maximum absolute atomic E-state index is 15.0. The number of hydrogen-bond donors (Lipinski definition) is 13. The average Bonchev–Trinajstić information content (AvgIpc) is 3.72. The van der Waals surface area contributed by atoms with Crippen LogP contribution in [0, 0.1) is 11.2 Å². The lowest BCUT2D eigenvalue weighted by Gasteiger charge is -2.34. The molecule has 63 heavy (non-hydrogen) atoms. The first-order chi connectivity index (χ1) is 29.4. The Hall–Kier alpha value is -7.00. The fourth-order valence-corrected chi connectivity index (χ4v) is 5.35. The van der Waals surface area contributed by atoms with Crippen molar-refractivity contribution in [2.75, 3.05) is 13.2 Å². The fraction of sp³-hybridized carbons (Fsp3) is 0.528. The molecule has 2 aromatic rings. The molecule has 14 N–H and O–H groups in total. The van der Waals surface area contributed by atoms with Crippen LogP contribution in [0.2, 0.25) is 0 Å². The number of aliphatic hydroxyl groups excluding tert-OH is 3. The highest BCUT2D eigenvalue weighted by Crippen LogP contribution is 2.19. The van der Waals surface area contributed by atoms with E-state index in [2.05, 4.69) is 52.5 Å². The van der Waals surface area contributed by atoms with E-state index in [1.807, 2.05) is 5.32 Å². The number of aliphatic carboxylic acids is 1. The lowest BCUT2D eigenvalue weighted by molar-refractivity contribution is -0.142. The van der Waals surface area contributed by atoms with Crippen LogP contribution in [0.4, 0.5) is 4.39 Å². The molecule has 27 heteroatoms. The van der Waals surface area contributed by atoms with Crippen LogP contribution in [-0.4, -0.2) is 162 Å². The van der Waals surface area contributed by atoms with E-state index in [9.17, 15) is 67.7 Å². The second kappa shape index (κ2) is 23.3. The van der Waals surface area contributed by atoms with Crippen molar-refractivity contribution in [1.29, 1.82) is 0 Å². The van der Waals surface area contributed by atoms with Gasteiger partial charge < -0.3 is 68.2 Å². The first kappa shape index (κ1) is 52.1. The molecule has 0 aliphatic carbocycles. The van der Waals surface area contributed by atoms with Crippen molar-refractivity contribution in [3.8, 4) is 0 Å². The van der Waals surface area contributed by atoms with E-state index < -0.39 is 138 Å². The molecule has 346 valence electrons. The molecule has 1 aromatic carbocycles. The summed E-state index contributed by atoms with van der Waals surface area (Å²) in [6.07, 6.45) is -5.22. The van der Waals surface area contributed by atoms with E-state index in [0.717, 1.165) is 26.8 Å². The molecule has 1 heterocycles. The number of aromatic amines is 1. The van der Waals surface area contributed by atoms with Gasteiger partial charge in [-0.25, -0.2) is 4.39 Å². The fourth-order valence-electron chi connectivity index (χ4n) is 5.35.